The summed E-state index contributed by atoms with van der Waals surface area (Å²) in [5.41, 5.74) is 5.10. The average Bonchev–Trinajstić information content (AvgIpc) is 2.76. The van der Waals surface area contributed by atoms with E-state index >= 15 is 0 Å². The number of nitrogens with two attached hydrogens (primary N) is 1. The number of nitrogens with zero attached hydrogens (tertiary/aromatic N) is 3. The van der Waals surface area contributed by atoms with E-state index in [0.29, 0.717) is 30.7 Å². The number of nitriles is 1. The molecule has 0 fully saturated rings. The first-order chi connectivity index (χ1) is 14.9. The second-order valence-electron chi connectivity index (χ2n) is 6.81. The maximum absolute atomic E-state index is 13.0. The lowest BCUT2D eigenvalue weighted by molar-refractivity contribution is -0.120. The zero-order valence-electron chi connectivity index (χ0n) is 17.9. The van der Waals surface area contributed by atoms with Crippen LogP contribution in [0.3, 0.4) is 0 Å². The summed E-state index contributed by atoms with van der Waals surface area (Å²) in [6.45, 7) is 3.98. The number of nitrogen functional groups attached to an aromatic ring is 1. The highest BCUT2D eigenvalue weighted by molar-refractivity contribution is 5.96. The van der Waals surface area contributed by atoms with Gasteiger partial charge in [-0.2, -0.15) is 5.26 Å². The first-order valence-electron chi connectivity index (χ1n) is 10.0. The van der Waals surface area contributed by atoms with Crippen LogP contribution in [0.15, 0.2) is 27.8 Å². The number of hydrogen-bond acceptors (Lipinski definition) is 7. The molecule has 2 rings (SSSR count). The van der Waals surface area contributed by atoms with Crippen LogP contribution in [0.25, 0.3) is 0 Å². The van der Waals surface area contributed by atoms with Crippen LogP contribution in [0.1, 0.15) is 38.7 Å². The predicted octanol–water partition coefficient (Wildman–Crippen LogP) is 1.62. The van der Waals surface area contributed by atoms with Gasteiger partial charge in [0.1, 0.15) is 5.82 Å². The van der Waals surface area contributed by atoms with Gasteiger partial charge in [0.15, 0.2) is 23.8 Å². The van der Waals surface area contributed by atoms with Gasteiger partial charge in [-0.05, 0) is 25.0 Å². The van der Waals surface area contributed by atoms with Crippen LogP contribution < -0.4 is 31.4 Å². The van der Waals surface area contributed by atoms with E-state index in [0.717, 1.165) is 6.42 Å². The summed E-state index contributed by atoms with van der Waals surface area (Å²) < 4.78 is 12.1. The molecule has 0 unspecified atom stereocenters. The lowest BCUT2D eigenvalue weighted by Crippen LogP contribution is -2.43. The lowest BCUT2D eigenvalue weighted by atomic mass is 10.2. The van der Waals surface area contributed by atoms with Crippen LogP contribution in [0.2, 0.25) is 0 Å². The van der Waals surface area contributed by atoms with Crippen molar-refractivity contribution in [2.75, 3.05) is 30.9 Å². The molecule has 3 N–H and O–H groups in total. The molecule has 1 amide bonds. The molecule has 1 aromatic carbocycles. The van der Waals surface area contributed by atoms with E-state index in [2.05, 4.69) is 4.98 Å². The van der Waals surface area contributed by atoms with Gasteiger partial charge in [-0.1, -0.05) is 20.3 Å². The zero-order valence-corrected chi connectivity index (χ0v) is 17.9. The molecule has 0 aliphatic rings. The van der Waals surface area contributed by atoms with Crippen molar-refractivity contribution >= 4 is 17.4 Å². The molecular weight excluding hydrogens is 402 g/mol. The van der Waals surface area contributed by atoms with Gasteiger partial charge in [-0.3, -0.25) is 19.1 Å². The molecule has 31 heavy (non-hydrogen) atoms. The molecule has 0 aliphatic carbocycles. The van der Waals surface area contributed by atoms with E-state index in [4.69, 9.17) is 20.5 Å². The van der Waals surface area contributed by atoms with Gasteiger partial charge < -0.3 is 20.1 Å². The summed E-state index contributed by atoms with van der Waals surface area (Å²) >= 11 is 0. The van der Waals surface area contributed by atoms with Gasteiger partial charge in [-0.25, -0.2) is 4.79 Å². The highest BCUT2D eigenvalue weighted by Crippen LogP contribution is 2.28. The quantitative estimate of drug-likeness (QED) is 0.584. The number of hydrogen-bond donors (Lipinski definition) is 2. The smallest absolute Gasteiger partial charge is 0.330 e. The Morgan fingerprint density at radius 1 is 1.26 bits per heavy atom. The molecule has 0 saturated carbocycles. The maximum atomic E-state index is 13.0. The number of methoxy groups -OCH3 is 1. The van der Waals surface area contributed by atoms with Gasteiger partial charge in [0.25, 0.3) is 11.5 Å². The van der Waals surface area contributed by atoms with Crippen LogP contribution in [-0.2, 0) is 11.3 Å². The Morgan fingerprint density at radius 3 is 2.61 bits per heavy atom. The minimum Gasteiger partial charge on any atom is -0.493 e. The monoisotopic (exact) mass is 429 g/mol. The number of ether oxygens (including phenoxy) is 2. The number of carbonyl (C=O) groups is 1. The number of nitrogens with one attached hydrogen (secondary N) is 1. The molecule has 2 aromatic rings. The van der Waals surface area contributed by atoms with Crippen LogP contribution in [0, 0.1) is 11.3 Å². The van der Waals surface area contributed by atoms with E-state index in [-0.39, 0.29) is 23.8 Å². The van der Waals surface area contributed by atoms with Crippen molar-refractivity contribution < 1.29 is 14.3 Å². The standard InChI is InChI=1S/C21H27N5O5/c1-4-6-10-25(18-19(23)26(9-5-2)21(29)24-20(18)28)17(27)13-31-15-8-7-14(12-22)11-16(15)30-3/h7-8,11H,4-6,9-10,13,23H2,1-3H3,(H,24,28,29). The van der Waals surface area contributed by atoms with Crippen molar-refractivity contribution in [2.45, 2.75) is 39.7 Å². The largest absolute Gasteiger partial charge is 0.493 e. The molecule has 0 spiro atoms. The molecule has 10 nitrogen and oxygen atoms in total. The molecule has 0 radical (unpaired) electrons. The minimum absolute atomic E-state index is 0.0593. The van der Waals surface area contributed by atoms with E-state index < -0.39 is 23.8 Å². The fourth-order valence-corrected chi connectivity index (χ4v) is 3.04. The Labute approximate surface area is 179 Å². The van der Waals surface area contributed by atoms with E-state index in [1.54, 1.807) is 6.07 Å². The lowest BCUT2D eigenvalue weighted by Gasteiger charge is -2.24. The van der Waals surface area contributed by atoms with Crippen molar-refractivity contribution in [1.82, 2.24) is 9.55 Å². The van der Waals surface area contributed by atoms with Crippen molar-refractivity contribution in [3.63, 3.8) is 0 Å². The van der Waals surface area contributed by atoms with Crippen LogP contribution in [0.4, 0.5) is 11.5 Å². The predicted molar refractivity (Wildman–Crippen MR) is 116 cm³/mol. The third-order valence-electron chi connectivity index (χ3n) is 4.61. The average molecular weight is 429 g/mol. The number of rotatable bonds is 10. The highest BCUT2D eigenvalue weighted by Gasteiger charge is 2.24. The Morgan fingerprint density at radius 2 is 2.00 bits per heavy atom. The third kappa shape index (κ3) is 5.45. The Bertz CT molecular complexity index is 1080. The number of aromatic amines is 1. The SMILES string of the molecule is CCCCN(C(=O)COc1ccc(C#N)cc1OC)c1c(N)n(CCC)c(=O)[nH]c1=O. The number of H-pyrrole nitrogens is 1. The molecule has 0 saturated heterocycles. The van der Waals surface area contributed by atoms with Crippen LogP contribution in [0.5, 0.6) is 11.5 Å². The molecule has 0 atom stereocenters. The topological polar surface area (TPSA) is 143 Å². The molecule has 10 heteroatoms. The van der Waals surface area contributed by atoms with Gasteiger partial charge in [0, 0.05) is 19.2 Å². The van der Waals surface area contributed by atoms with Gasteiger partial charge in [0.2, 0.25) is 0 Å². The number of unbranched alkanes of at least 4 members (excludes halogenated alkanes) is 1. The first-order valence-corrected chi connectivity index (χ1v) is 10.0. The molecule has 0 aliphatic heterocycles. The molecule has 166 valence electrons. The molecular formula is C21H27N5O5. The van der Waals surface area contributed by atoms with Crippen molar-refractivity contribution in [2.24, 2.45) is 0 Å². The number of anilines is 2. The molecule has 1 aromatic heterocycles. The van der Waals surface area contributed by atoms with Crippen LogP contribution in [-0.4, -0.2) is 35.7 Å². The van der Waals surface area contributed by atoms with E-state index in [1.165, 1.54) is 28.7 Å². The Hall–Kier alpha value is -3.74. The number of amides is 1. The van der Waals surface area contributed by atoms with Gasteiger partial charge in [-0.15, -0.1) is 0 Å². The van der Waals surface area contributed by atoms with E-state index in [1.807, 2.05) is 19.9 Å². The second-order valence-corrected chi connectivity index (χ2v) is 6.81. The highest BCUT2D eigenvalue weighted by atomic mass is 16.5. The fraction of sp³-hybridized carbons (Fsp3) is 0.429. The summed E-state index contributed by atoms with van der Waals surface area (Å²) in [5.74, 6) is 0.0266. The molecule has 0 bridgehead atoms. The number of carbonyl (C=O) groups excluding carboxylic acids is 1. The Balaban J connectivity index is 2.37. The second kappa shape index (κ2) is 10.9. The summed E-state index contributed by atoms with van der Waals surface area (Å²) in [4.78, 5) is 41.1. The Kier molecular flexibility index (Phi) is 8.25. The van der Waals surface area contributed by atoms with Crippen molar-refractivity contribution in [1.29, 1.82) is 5.26 Å². The zero-order chi connectivity index (χ0) is 23.0. The normalized spacial score (nSPS) is 10.4. The first kappa shape index (κ1) is 23.5. The van der Waals surface area contributed by atoms with Crippen molar-refractivity contribution in [3.8, 4) is 17.6 Å². The fourth-order valence-electron chi connectivity index (χ4n) is 3.04. The number of aromatic nitrogens is 2. The summed E-state index contributed by atoms with van der Waals surface area (Å²) in [6, 6.07) is 6.57. The summed E-state index contributed by atoms with van der Waals surface area (Å²) in [6.07, 6.45) is 2.03. The summed E-state index contributed by atoms with van der Waals surface area (Å²) in [5, 5.41) is 9.00. The van der Waals surface area contributed by atoms with Crippen LogP contribution >= 0.6 is 0 Å². The summed E-state index contributed by atoms with van der Waals surface area (Å²) in [7, 11) is 1.43. The van der Waals surface area contributed by atoms with Gasteiger partial charge in [0.05, 0.1) is 18.7 Å². The minimum atomic E-state index is -0.727. The van der Waals surface area contributed by atoms with E-state index in [9.17, 15) is 14.4 Å². The maximum Gasteiger partial charge on any atom is 0.330 e. The molecule has 1 heterocycles. The van der Waals surface area contributed by atoms with Gasteiger partial charge >= 0.3 is 5.69 Å². The number of benzene rings is 1. The van der Waals surface area contributed by atoms with Crippen molar-refractivity contribution in [3.05, 3.63) is 44.6 Å². The third-order valence-corrected chi connectivity index (χ3v) is 4.61.